The predicted molar refractivity (Wildman–Crippen MR) is 154 cm³/mol. The van der Waals surface area contributed by atoms with Crippen LogP contribution in [0.2, 0.25) is 10.0 Å². The van der Waals surface area contributed by atoms with Gasteiger partial charge in [0.25, 0.3) is 5.56 Å². The van der Waals surface area contributed by atoms with E-state index in [9.17, 15) is 9.59 Å². The predicted octanol–water partition coefficient (Wildman–Crippen LogP) is 5.38. The van der Waals surface area contributed by atoms with Crippen LogP contribution in [-0.2, 0) is 9.53 Å². The summed E-state index contributed by atoms with van der Waals surface area (Å²) in [5.41, 5.74) is 1.80. The molecular weight excluding hydrogens is 575 g/mol. The molecule has 8 nitrogen and oxygen atoms in total. The molecule has 40 heavy (non-hydrogen) atoms. The molecule has 3 heterocycles. The fourth-order valence-corrected chi connectivity index (χ4v) is 5.82. The molecule has 0 radical (unpaired) electrons. The minimum Gasteiger partial charge on any atom is -0.493 e. The lowest BCUT2D eigenvalue weighted by Gasteiger charge is -2.25. The van der Waals surface area contributed by atoms with E-state index in [2.05, 4.69) is 4.99 Å². The average Bonchev–Trinajstić information content (AvgIpc) is 3.53. The van der Waals surface area contributed by atoms with Crippen molar-refractivity contribution in [1.29, 1.82) is 0 Å². The number of esters is 1. The maximum Gasteiger partial charge on any atom is 0.338 e. The first-order chi connectivity index (χ1) is 19.2. The first-order valence-corrected chi connectivity index (χ1v) is 13.8. The van der Waals surface area contributed by atoms with Crippen LogP contribution in [0.1, 0.15) is 31.2 Å². The maximum absolute atomic E-state index is 13.8. The van der Waals surface area contributed by atoms with Gasteiger partial charge in [-0.05, 0) is 61.9 Å². The number of halogens is 2. The van der Waals surface area contributed by atoms with Gasteiger partial charge in [0.05, 0.1) is 52.7 Å². The molecule has 1 atom stereocenters. The number of thiazole rings is 1. The second-order valence-electron chi connectivity index (χ2n) is 8.75. The van der Waals surface area contributed by atoms with Crippen molar-refractivity contribution in [3.8, 4) is 22.8 Å². The smallest absolute Gasteiger partial charge is 0.338 e. The molecule has 11 heteroatoms. The number of methoxy groups -OCH3 is 2. The Morgan fingerprint density at radius 3 is 2.55 bits per heavy atom. The van der Waals surface area contributed by atoms with Crippen LogP contribution in [0.4, 0.5) is 0 Å². The molecule has 0 saturated carbocycles. The van der Waals surface area contributed by atoms with Crippen molar-refractivity contribution in [2.75, 3.05) is 20.8 Å². The number of aromatic nitrogens is 1. The number of carbonyl (C=O) groups is 1. The SMILES string of the molecule is CCOC(=O)C1=C(C)N=c2s/c(=C\c3ccc(-c4ccc(Cl)c(Cl)c4)o3)c(=O)n2C1c1ccc(OC)c(OC)c1. The monoisotopic (exact) mass is 598 g/mol. The molecule has 1 unspecified atom stereocenters. The highest BCUT2D eigenvalue weighted by molar-refractivity contribution is 7.07. The number of allylic oxidation sites excluding steroid dienone is 1. The van der Waals surface area contributed by atoms with E-state index in [0.717, 1.165) is 5.56 Å². The second-order valence-corrected chi connectivity index (χ2v) is 10.6. The number of rotatable bonds is 7. The molecule has 5 rings (SSSR count). The van der Waals surface area contributed by atoms with E-state index in [1.54, 1.807) is 68.5 Å². The van der Waals surface area contributed by atoms with Crippen molar-refractivity contribution >= 4 is 46.6 Å². The van der Waals surface area contributed by atoms with Crippen LogP contribution in [0.15, 0.2) is 74.0 Å². The molecule has 0 amide bonds. The van der Waals surface area contributed by atoms with E-state index in [1.807, 2.05) is 0 Å². The maximum atomic E-state index is 13.8. The molecule has 4 aromatic rings. The molecule has 0 spiro atoms. The third kappa shape index (κ3) is 5.08. The number of fused-ring (bicyclic) bond motifs is 1. The normalized spacial score (nSPS) is 15.1. The largest absolute Gasteiger partial charge is 0.493 e. The van der Waals surface area contributed by atoms with Crippen LogP contribution < -0.4 is 24.4 Å². The third-order valence-corrected chi connectivity index (χ3v) is 8.07. The Kier molecular flexibility index (Phi) is 7.89. The zero-order valence-electron chi connectivity index (χ0n) is 22.0. The number of hydrogen-bond donors (Lipinski definition) is 0. The van der Waals surface area contributed by atoms with Gasteiger partial charge in [0.1, 0.15) is 11.5 Å². The minimum atomic E-state index is -0.791. The van der Waals surface area contributed by atoms with Gasteiger partial charge in [0.2, 0.25) is 0 Å². The van der Waals surface area contributed by atoms with Crippen molar-refractivity contribution in [1.82, 2.24) is 4.57 Å². The van der Waals surface area contributed by atoms with Crippen LogP contribution in [0.5, 0.6) is 11.5 Å². The summed E-state index contributed by atoms with van der Waals surface area (Å²) in [6, 6.07) is 13.2. The highest BCUT2D eigenvalue weighted by atomic mass is 35.5. The van der Waals surface area contributed by atoms with Gasteiger partial charge < -0.3 is 18.6 Å². The summed E-state index contributed by atoms with van der Waals surface area (Å²) in [7, 11) is 3.06. The minimum absolute atomic E-state index is 0.179. The summed E-state index contributed by atoms with van der Waals surface area (Å²) in [6.45, 7) is 3.63. The summed E-state index contributed by atoms with van der Waals surface area (Å²) in [5.74, 6) is 1.48. The van der Waals surface area contributed by atoms with Crippen LogP contribution in [0.3, 0.4) is 0 Å². The van der Waals surface area contributed by atoms with Crippen molar-refractivity contribution in [2.24, 2.45) is 4.99 Å². The quantitative estimate of drug-likeness (QED) is 0.265. The van der Waals surface area contributed by atoms with Crippen molar-refractivity contribution in [2.45, 2.75) is 19.9 Å². The summed E-state index contributed by atoms with van der Waals surface area (Å²) in [5, 5.41) is 0.855. The molecule has 0 bridgehead atoms. The van der Waals surface area contributed by atoms with E-state index in [1.165, 1.54) is 30.1 Å². The number of carbonyl (C=O) groups excluding carboxylic acids is 1. The van der Waals surface area contributed by atoms with Gasteiger partial charge >= 0.3 is 5.97 Å². The number of hydrogen-bond acceptors (Lipinski definition) is 8. The molecule has 1 aliphatic heterocycles. The Hall–Kier alpha value is -3.79. The van der Waals surface area contributed by atoms with Crippen LogP contribution >= 0.6 is 34.5 Å². The highest BCUT2D eigenvalue weighted by Crippen LogP contribution is 2.36. The van der Waals surface area contributed by atoms with Crippen LogP contribution in [-0.4, -0.2) is 31.4 Å². The lowest BCUT2D eigenvalue weighted by Crippen LogP contribution is -2.39. The molecule has 1 aliphatic rings. The number of benzene rings is 2. The van der Waals surface area contributed by atoms with Gasteiger partial charge in [-0.3, -0.25) is 9.36 Å². The standard InChI is InChI=1S/C29H24Cl2N2O6S/c1-5-38-28(35)25-15(2)32-29-33(26(25)17-7-10-22(36-3)23(13-17)37-4)27(34)24(40-29)14-18-8-11-21(39-18)16-6-9-19(30)20(31)12-16/h6-14,26H,5H2,1-4H3/b24-14-. The number of ether oxygens (including phenoxy) is 3. The fourth-order valence-electron chi connectivity index (χ4n) is 4.49. The average molecular weight is 599 g/mol. The molecule has 0 aliphatic carbocycles. The molecule has 0 saturated heterocycles. The van der Waals surface area contributed by atoms with Crippen molar-refractivity contribution < 1.29 is 23.4 Å². The topological polar surface area (TPSA) is 92.3 Å². The van der Waals surface area contributed by atoms with E-state index in [-0.39, 0.29) is 17.7 Å². The zero-order valence-corrected chi connectivity index (χ0v) is 24.3. The lowest BCUT2D eigenvalue weighted by molar-refractivity contribution is -0.139. The summed E-state index contributed by atoms with van der Waals surface area (Å²) >= 11 is 13.4. The lowest BCUT2D eigenvalue weighted by atomic mass is 9.95. The Balaban J connectivity index is 1.65. The summed E-state index contributed by atoms with van der Waals surface area (Å²) < 4.78 is 24.1. The van der Waals surface area contributed by atoms with E-state index in [4.69, 9.17) is 41.8 Å². The Bertz CT molecular complexity index is 1840. The van der Waals surface area contributed by atoms with Crippen LogP contribution in [0, 0.1) is 0 Å². The van der Waals surface area contributed by atoms with Gasteiger partial charge in [-0.15, -0.1) is 0 Å². The first kappa shape index (κ1) is 27.8. The van der Waals surface area contributed by atoms with Gasteiger partial charge in [0.15, 0.2) is 16.3 Å². The van der Waals surface area contributed by atoms with E-state index >= 15 is 0 Å². The molecule has 206 valence electrons. The highest BCUT2D eigenvalue weighted by Gasteiger charge is 2.34. The van der Waals surface area contributed by atoms with Crippen LogP contribution in [0.25, 0.3) is 17.4 Å². The molecule has 2 aromatic heterocycles. The van der Waals surface area contributed by atoms with E-state index in [0.29, 0.717) is 53.7 Å². The van der Waals surface area contributed by atoms with E-state index < -0.39 is 12.0 Å². The summed E-state index contributed by atoms with van der Waals surface area (Å²) in [4.78, 5) is 32.0. The van der Waals surface area contributed by atoms with Crippen molar-refractivity contribution in [3.63, 3.8) is 0 Å². The second kappa shape index (κ2) is 11.4. The van der Waals surface area contributed by atoms with Gasteiger partial charge in [0, 0.05) is 11.6 Å². The molecule has 0 N–H and O–H groups in total. The number of furan rings is 1. The molecular formula is C29H24Cl2N2O6S. The fraction of sp³-hybridized carbons (Fsp3) is 0.207. The Morgan fingerprint density at radius 2 is 1.85 bits per heavy atom. The van der Waals surface area contributed by atoms with Gasteiger partial charge in [-0.25, -0.2) is 9.79 Å². The van der Waals surface area contributed by atoms with Crippen molar-refractivity contribution in [3.05, 3.63) is 101 Å². The Morgan fingerprint density at radius 1 is 1.07 bits per heavy atom. The molecule has 0 fully saturated rings. The zero-order chi connectivity index (χ0) is 28.6. The van der Waals surface area contributed by atoms with Gasteiger partial charge in [-0.2, -0.15) is 0 Å². The number of nitrogens with zero attached hydrogens (tertiary/aromatic N) is 2. The Labute approximate surface area is 243 Å². The summed E-state index contributed by atoms with van der Waals surface area (Å²) in [6.07, 6.45) is 1.65. The molecule has 2 aromatic carbocycles. The third-order valence-electron chi connectivity index (χ3n) is 6.34. The first-order valence-electron chi connectivity index (χ1n) is 12.2. The van der Waals surface area contributed by atoms with Gasteiger partial charge in [-0.1, -0.05) is 40.6 Å².